The van der Waals surface area contributed by atoms with Crippen LogP contribution in [0.15, 0.2) is 54.6 Å². The van der Waals surface area contributed by atoms with Crippen molar-refractivity contribution in [3.8, 4) is 11.5 Å². The maximum Gasteiger partial charge on any atom is 0.119 e. The standard InChI is InChI=1S/C22H25NO2/c1-3-12-25-17-10-11-21-20(14-17)18-8-5-9-19(18)22(23-21)15-6-4-7-16(13-15)24-2/h4-8,10-11,13-14,18-19,22-23H,3,9,12H2,1-2H3. The van der Waals surface area contributed by atoms with Crippen molar-refractivity contribution in [3.05, 3.63) is 65.7 Å². The van der Waals surface area contributed by atoms with E-state index in [0.717, 1.165) is 30.9 Å². The van der Waals surface area contributed by atoms with Gasteiger partial charge in [-0.3, -0.25) is 0 Å². The lowest BCUT2D eigenvalue weighted by atomic mass is 9.77. The molecule has 1 aliphatic carbocycles. The van der Waals surface area contributed by atoms with Gasteiger partial charge >= 0.3 is 0 Å². The zero-order chi connectivity index (χ0) is 17.2. The van der Waals surface area contributed by atoms with Crippen LogP contribution in [0.4, 0.5) is 5.69 Å². The molecule has 1 heterocycles. The van der Waals surface area contributed by atoms with E-state index in [-0.39, 0.29) is 0 Å². The highest BCUT2D eigenvalue weighted by molar-refractivity contribution is 5.62. The molecule has 2 aromatic rings. The van der Waals surface area contributed by atoms with Crippen LogP contribution in [-0.2, 0) is 0 Å². The molecule has 0 amide bonds. The Kier molecular flexibility index (Phi) is 4.39. The predicted octanol–water partition coefficient (Wildman–Crippen LogP) is 5.31. The van der Waals surface area contributed by atoms with Crippen LogP contribution in [0, 0.1) is 5.92 Å². The normalized spacial score (nSPS) is 23.5. The molecule has 0 saturated heterocycles. The van der Waals surface area contributed by atoms with Crippen LogP contribution < -0.4 is 14.8 Å². The Morgan fingerprint density at radius 1 is 1.12 bits per heavy atom. The topological polar surface area (TPSA) is 30.5 Å². The van der Waals surface area contributed by atoms with Crippen molar-refractivity contribution in [1.29, 1.82) is 0 Å². The van der Waals surface area contributed by atoms with Crippen LogP contribution in [0.2, 0.25) is 0 Å². The Labute approximate surface area is 149 Å². The van der Waals surface area contributed by atoms with Gasteiger partial charge in [0.1, 0.15) is 11.5 Å². The Bertz CT molecular complexity index is 783. The first-order chi connectivity index (χ1) is 12.3. The molecule has 0 fully saturated rings. The van der Waals surface area contributed by atoms with Gasteiger partial charge in [-0.2, -0.15) is 0 Å². The fraction of sp³-hybridized carbons (Fsp3) is 0.364. The largest absolute Gasteiger partial charge is 0.497 e. The number of nitrogens with one attached hydrogen (secondary N) is 1. The minimum absolute atomic E-state index is 0.296. The molecule has 2 aliphatic rings. The van der Waals surface area contributed by atoms with Gasteiger partial charge in [0.05, 0.1) is 19.8 Å². The first-order valence-electron chi connectivity index (χ1n) is 9.14. The van der Waals surface area contributed by atoms with Crippen LogP contribution in [-0.4, -0.2) is 13.7 Å². The van der Waals surface area contributed by atoms with Gasteiger partial charge in [0.2, 0.25) is 0 Å². The molecule has 0 aromatic heterocycles. The molecule has 1 N–H and O–H groups in total. The average molecular weight is 335 g/mol. The smallest absolute Gasteiger partial charge is 0.119 e. The van der Waals surface area contributed by atoms with Gasteiger partial charge in [-0.25, -0.2) is 0 Å². The van der Waals surface area contributed by atoms with Gasteiger partial charge in [0.15, 0.2) is 0 Å². The first kappa shape index (κ1) is 16.1. The number of hydrogen-bond donors (Lipinski definition) is 1. The van der Waals surface area contributed by atoms with Crippen molar-refractivity contribution < 1.29 is 9.47 Å². The van der Waals surface area contributed by atoms with Crippen molar-refractivity contribution >= 4 is 5.69 Å². The fourth-order valence-electron chi connectivity index (χ4n) is 4.05. The number of fused-ring (bicyclic) bond motifs is 3. The molecule has 1 aliphatic heterocycles. The third kappa shape index (κ3) is 2.99. The number of ether oxygens (including phenoxy) is 2. The third-order valence-electron chi connectivity index (χ3n) is 5.26. The van der Waals surface area contributed by atoms with Crippen molar-refractivity contribution in [1.82, 2.24) is 0 Å². The zero-order valence-electron chi connectivity index (χ0n) is 14.9. The summed E-state index contributed by atoms with van der Waals surface area (Å²) in [6.45, 7) is 2.90. The maximum absolute atomic E-state index is 5.84. The molecule has 0 spiro atoms. The van der Waals surface area contributed by atoms with Gasteiger partial charge in [-0.05, 0) is 60.2 Å². The summed E-state index contributed by atoms with van der Waals surface area (Å²) in [6.07, 6.45) is 6.80. The van der Waals surface area contributed by atoms with Gasteiger partial charge < -0.3 is 14.8 Å². The Balaban J connectivity index is 1.68. The molecular weight excluding hydrogens is 310 g/mol. The lowest BCUT2D eigenvalue weighted by Gasteiger charge is -2.37. The third-order valence-corrected chi connectivity index (χ3v) is 5.26. The lowest BCUT2D eigenvalue weighted by Crippen LogP contribution is -2.29. The predicted molar refractivity (Wildman–Crippen MR) is 102 cm³/mol. The number of hydrogen-bond acceptors (Lipinski definition) is 3. The van der Waals surface area contributed by atoms with Crippen molar-refractivity contribution in [2.24, 2.45) is 5.92 Å². The second-order valence-corrected chi connectivity index (χ2v) is 6.85. The minimum atomic E-state index is 0.296. The summed E-state index contributed by atoms with van der Waals surface area (Å²) in [5, 5.41) is 3.77. The van der Waals surface area contributed by atoms with E-state index in [2.05, 4.69) is 60.8 Å². The molecule has 0 radical (unpaired) electrons. The summed E-state index contributed by atoms with van der Waals surface area (Å²) in [5.74, 6) is 2.86. The number of rotatable bonds is 5. The number of allylic oxidation sites excluding steroid dienone is 2. The summed E-state index contributed by atoms with van der Waals surface area (Å²) >= 11 is 0. The quantitative estimate of drug-likeness (QED) is 0.751. The second-order valence-electron chi connectivity index (χ2n) is 6.85. The van der Waals surface area contributed by atoms with E-state index in [1.165, 1.54) is 16.8 Å². The summed E-state index contributed by atoms with van der Waals surface area (Å²) < 4.78 is 11.3. The Morgan fingerprint density at radius 3 is 2.88 bits per heavy atom. The molecule has 2 aromatic carbocycles. The van der Waals surface area contributed by atoms with Crippen molar-refractivity contribution in [2.45, 2.75) is 31.7 Å². The van der Waals surface area contributed by atoms with E-state index >= 15 is 0 Å². The molecule has 25 heavy (non-hydrogen) atoms. The number of methoxy groups -OCH3 is 1. The van der Waals surface area contributed by atoms with E-state index in [1.807, 2.05) is 6.07 Å². The molecule has 3 atom stereocenters. The van der Waals surface area contributed by atoms with E-state index in [9.17, 15) is 0 Å². The highest BCUT2D eigenvalue weighted by Crippen LogP contribution is 2.50. The van der Waals surface area contributed by atoms with Crippen LogP contribution in [0.25, 0.3) is 0 Å². The molecule has 0 bridgehead atoms. The van der Waals surface area contributed by atoms with Gasteiger partial charge in [0, 0.05) is 11.6 Å². The molecule has 4 rings (SSSR count). The van der Waals surface area contributed by atoms with Crippen molar-refractivity contribution in [2.75, 3.05) is 19.0 Å². The number of benzene rings is 2. The molecule has 0 saturated carbocycles. The minimum Gasteiger partial charge on any atom is -0.497 e. The van der Waals surface area contributed by atoms with Crippen LogP contribution in [0.5, 0.6) is 11.5 Å². The Morgan fingerprint density at radius 2 is 2.04 bits per heavy atom. The average Bonchev–Trinajstić information content (AvgIpc) is 3.16. The van der Waals surface area contributed by atoms with E-state index in [0.29, 0.717) is 17.9 Å². The van der Waals surface area contributed by atoms with Crippen LogP contribution in [0.1, 0.15) is 42.9 Å². The molecule has 3 nitrogen and oxygen atoms in total. The lowest BCUT2D eigenvalue weighted by molar-refractivity contribution is 0.316. The maximum atomic E-state index is 5.84. The SMILES string of the molecule is CCCOc1ccc2c(c1)C1C=CCC1C(c1cccc(OC)c1)N2. The zero-order valence-corrected chi connectivity index (χ0v) is 14.9. The van der Waals surface area contributed by atoms with E-state index in [4.69, 9.17) is 9.47 Å². The molecule has 3 unspecified atom stereocenters. The Hall–Kier alpha value is -2.42. The first-order valence-corrected chi connectivity index (χ1v) is 9.14. The van der Waals surface area contributed by atoms with Crippen LogP contribution >= 0.6 is 0 Å². The highest BCUT2D eigenvalue weighted by atomic mass is 16.5. The second kappa shape index (κ2) is 6.83. The van der Waals surface area contributed by atoms with E-state index < -0.39 is 0 Å². The monoisotopic (exact) mass is 335 g/mol. The summed E-state index contributed by atoms with van der Waals surface area (Å²) in [5.41, 5.74) is 3.85. The van der Waals surface area contributed by atoms with Crippen molar-refractivity contribution in [3.63, 3.8) is 0 Å². The summed E-state index contributed by atoms with van der Waals surface area (Å²) in [7, 11) is 1.72. The van der Waals surface area contributed by atoms with Gasteiger partial charge in [0.25, 0.3) is 0 Å². The molecule has 130 valence electrons. The van der Waals surface area contributed by atoms with E-state index in [1.54, 1.807) is 7.11 Å². The van der Waals surface area contributed by atoms with Gasteiger partial charge in [-0.1, -0.05) is 31.2 Å². The van der Waals surface area contributed by atoms with Crippen LogP contribution in [0.3, 0.4) is 0 Å². The van der Waals surface area contributed by atoms with Gasteiger partial charge in [-0.15, -0.1) is 0 Å². The molecule has 3 heteroatoms. The fourth-order valence-corrected chi connectivity index (χ4v) is 4.05. The molecular formula is C22H25NO2. The summed E-state index contributed by atoms with van der Waals surface area (Å²) in [4.78, 5) is 0. The number of anilines is 1. The summed E-state index contributed by atoms with van der Waals surface area (Å²) in [6, 6.07) is 15.2. The highest BCUT2D eigenvalue weighted by Gasteiger charge is 2.38.